The Morgan fingerprint density at radius 3 is 1.95 bits per heavy atom. The number of β-amino-alcohol motifs (C(OH)–C–C–N with tert-alkyl or cyclic N) is 1. The van der Waals surface area contributed by atoms with Crippen molar-refractivity contribution in [3.05, 3.63) is 71.8 Å². The Labute approximate surface area is 124 Å². The van der Waals surface area contributed by atoms with E-state index >= 15 is 0 Å². The molecule has 2 aromatic rings. The Bertz CT molecular complexity index is 558. The predicted octanol–water partition coefficient (Wildman–Crippen LogP) is 2.41. The van der Waals surface area contributed by atoms with Crippen LogP contribution in [0.1, 0.15) is 23.5 Å². The minimum absolute atomic E-state index is 0.0731. The van der Waals surface area contributed by atoms with Crippen LogP contribution in [0, 0.1) is 0 Å². The van der Waals surface area contributed by atoms with E-state index in [0.29, 0.717) is 19.5 Å². The van der Waals surface area contributed by atoms with Crippen LogP contribution < -0.4 is 0 Å². The Hall–Kier alpha value is -2.13. The van der Waals surface area contributed by atoms with E-state index in [0.717, 1.165) is 11.1 Å². The quantitative estimate of drug-likeness (QED) is 0.938. The number of likely N-dealkylation sites (tertiary alicyclic amines) is 1. The summed E-state index contributed by atoms with van der Waals surface area (Å²) in [5, 5.41) is 9.68. The Morgan fingerprint density at radius 1 is 1.00 bits per heavy atom. The lowest BCUT2D eigenvalue weighted by atomic mass is 9.90. The van der Waals surface area contributed by atoms with E-state index in [4.69, 9.17) is 0 Å². The van der Waals surface area contributed by atoms with Crippen LogP contribution in [0.25, 0.3) is 0 Å². The highest BCUT2D eigenvalue weighted by molar-refractivity contribution is 5.87. The topological polar surface area (TPSA) is 40.5 Å². The third kappa shape index (κ3) is 2.98. The van der Waals surface area contributed by atoms with Crippen molar-refractivity contribution in [2.75, 3.05) is 13.1 Å². The summed E-state index contributed by atoms with van der Waals surface area (Å²) in [6, 6.07) is 19.7. The number of aliphatic hydroxyl groups is 1. The Balaban J connectivity index is 1.95. The van der Waals surface area contributed by atoms with Crippen LogP contribution in [0.3, 0.4) is 0 Å². The first-order chi connectivity index (χ1) is 10.3. The fourth-order valence-electron chi connectivity index (χ4n) is 2.89. The van der Waals surface area contributed by atoms with Gasteiger partial charge in [-0.3, -0.25) is 4.79 Å². The van der Waals surface area contributed by atoms with Crippen LogP contribution in [-0.4, -0.2) is 35.1 Å². The summed E-state index contributed by atoms with van der Waals surface area (Å²) in [5.41, 5.74) is 1.99. The van der Waals surface area contributed by atoms with E-state index < -0.39 is 0 Å². The summed E-state index contributed by atoms with van der Waals surface area (Å²) in [6.45, 7) is 1.07. The zero-order valence-electron chi connectivity index (χ0n) is 11.9. The minimum atomic E-state index is -0.388. The maximum absolute atomic E-state index is 12.9. The second-order valence-electron chi connectivity index (χ2n) is 5.48. The normalized spacial score (nSPS) is 18.2. The van der Waals surface area contributed by atoms with Gasteiger partial charge in [0.1, 0.15) is 0 Å². The van der Waals surface area contributed by atoms with E-state index in [1.807, 2.05) is 60.7 Å². The lowest BCUT2D eigenvalue weighted by molar-refractivity contribution is -0.131. The molecule has 21 heavy (non-hydrogen) atoms. The van der Waals surface area contributed by atoms with E-state index in [-0.39, 0.29) is 17.9 Å². The van der Waals surface area contributed by atoms with Gasteiger partial charge in [-0.25, -0.2) is 0 Å². The average Bonchev–Trinajstić information content (AvgIpc) is 2.96. The van der Waals surface area contributed by atoms with Gasteiger partial charge in [-0.1, -0.05) is 60.7 Å². The van der Waals surface area contributed by atoms with Crippen molar-refractivity contribution in [2.24, 2.45) is 0 Å². The maximum Gasteiger partial charge on any atom is 0.234 e. The molecule has 1 heterocycles. The molecule has 0 aromatic heterocycles. The highest BCUT2D eigenvalue weighted by Crippen LogP contribution is 2.28. The predicted molar refractivity (Wildman–Crippen MR) is 81.9 cm³/mol. The van der Waals surface area contributed by atoms with Crippen molar-refractivity contribution >= 4 is 5.91 Å². The summed E-state index contributed by atoms with van der Waals surface area (Å²) < 4.78 is 0. The van der Waals surface area contributed by atoms with Gasteiger partial charge in [0.2, 0.25) is 5.91 Å². The first kappa shape index (κ1) is 13.8. The van der Waals surface area contributed by atoms with Crippen molar-refractivity contribution in [1.29, 1.82) is 0 Å². The fourth-order valence-corrected chi connectivity index (χ4v) is 2.89. The minimum Gasteiger partial charge on any atom is -0.391 e. The molecule has 1 aliphatic rings. The molecule has 0 aliphatic carbocycles. The summed E-state index contributed by atoms with van der Waals surface area (Å²) >= 11 is 0. The molecule has 0 unspecified atom stereocenters. The van der Waals surface area contributed by atoms with Gasteiger partial charge in [0.05, 0.1) is 12.0 Å². The Kier molecular flexibility index (Phi) is 4.02. The maximum atomic E-state index is 12.9. The van der Waals surface area contributed by atoms with Crippen LogP contribution in [-0.2, 0) is 4.79 Å². The van der Waals surface area contributed by atoms with Crippen LogP contribution in [0.4, 0.5) is 0 Å². The van der Waals surface area contributed by atoms with Gasteiger partial charge in [0, 0.05) is 13.1 Å². The fraction of sp³-hybridized carbons (Fsp3) is 0.278. The molecule has 1 N–H and O–H groups in total. The van der Waals surface area contributed by atoms with Crippen molar-refractivity contribution in [3.63, 3.8) is 0 Å². The van der Waals surface area contributed by atoms with Crippen molar-refractivity contribution < 1.29 is 9.90 Å². The first-order valence-corrected chi connectivity index (χ1v) is 7.32. The molecule has 1 aliphatic heterocycles. The Morgan fingerprint density at radius 2 is 1.52 bits per heavy atom. The van der Waals surface area contributed by atoms with E-state index in [9.17, 15) is 9.90 Å². The summed E-state index contributed by atoms with van der Waals surface area (Å²) in [7, 11) is 0. The van der Waals surface area contributed by atoms with E-state index in [1.165, 1.54) is 0 Å². The van der Waals surface area contributed by atoms with Gasteiger partial charge in [-0.15, -0.1) is 0 Å². The second-order valence-corrected chi connectivity index (χ2v) is 5.48. The monoisotopic (exact) mass is 281 g/mol. The average molecular weight is 281 g/mol. The van der Waals surface area contributed by atoms with Gasteiger partial charge in [-0.05, 0) is 17.5 Å². The van der Waals surface area contributed by atoms with E-state index in [2.05, 4.69) is 0 Å². The van der Waals surface area contributed by atoms with Gasteiger partial charge >= 0.3 is 0 Å². The zero-order chi connectivity index (χ0) is 14.7. The zero-order valence-corrected chi connectivity index (χ0v) is 11.9. The molecule has 3 heteroatoms. The summed E-state index contributed by atoms with van der Waals surface area (Å²) in [4.78, 5) is 14.7. The second kappa shape index (κ2) is 6.10. The third-order valence-corrected chi connectivity index (χ3v) is 3.99. The van der Waals surface area contributed by atoms with Crippen LogP contribution in [0.5, 0.6) is 0 Å². The highest BCUT2D eigenvalue weighted by Gasteiger charge is 2.31. The SMILES string of the molecule is O=C(C(c1ccccc1)c1ccccc1)N1CC[C@@H](O)C1. The number of hydrogen-bond acceptors (Lipinski definition) is 2. The number of aliphatic hydroxyl groups excluding tert-OH is 1. The number of hydrogen-bond donors (Lipinski definition) is 1. The smallest absolute Gasteiger partial charge is 0.234 e. The number of carbonyl (C=O) groups is 1. The molecular formula is C18H19NO2. The van der Waals surface area contributed by atoms with Crippen LogP contribution in [0.2, 0.25) is 0 Å². The van der Waals surface area contributed by atoms with Crippen LogP contribution >= 0.6 is 0 Å². The number of carbonyl (C=O) groups excluding carboxylic acids is 1. The molecule has 1 fully saturated rings. The van der Waals surface area contributed by atoms with Gasteiger partial charge < -0.3 is 10.0 Å². The van der Waals surface area contributed by atoms with Gasteiger partial charge in [0.15, 0.2) is 0 Å². The molecule has 0 radical (unpaired) electrons. The molecule has 0 bridgehead atoms. The molecule has 3 rings (SSSR count). The van der Waals surface area contributed by atoms with Gasteiger partial charge in [0.25, 0.3) is 0 Å². The lowest BCUT2D eigenvalue weighted by Gasteiger charge is -2.24. The molecule has 3 nitrogen and oxygen atoms in total. The summed E-state index contributed by atoms with van der Waals surface area (Å²) in [6.07, 6.45) is 0.281. The molecule has 0 saturated carbocycles. The standard InChI is InChI=1S/C18H19NO2/c20-16-11-12-19(13-16)18(21)17(14-7-3-1-4-8-14)15-9-5-2-6-10-15/h1-10,16-17,20H,11-13H2/t16-/m1/s1. The molecule has 1 amide bonds. The number of nitrogens with zero attached hydrogens (tertiary/aromatic N) is 1. The first-order valence-electron chi connectivity index (χ1n) is 7.32. The molecule has 108 valence electrons. The number of amides is 1. The van der Waals surface area contributed by atoms with Crippen molar-refractivity contribution in [2.45, 2.75) is 18.4 Å². The van der Waals surface area contributed by atoms with E-state index in [1.54, 1.807) is 4.90 Å². The lowest BCUT2D eigenvalue weighted by Crippen LogP contribution is -2.34. The molecule has 1 atom stereocenters. The molecule has 2 aromatic carbocycles. The summed E-state index contributed by atoms with van der Waals surface area (Å²) in [5.74, 6) is -0.221. The van der Waals surface area contributed by atoms with Crippen LogP contribution in [0.15, 0.2) is 60.7 Å². The van der Waals surface area contributed by atoms with Crippen molar-refractivity contribution in [3.8, 4) is 0 Å². The van der Waals surface area contributed by atoms with Crippen molar-refractivity contribution in [1.82, 2.24) is 4.90 Å². The molecule has 0 spiro atoms. The number of benzene rings is 2. The number of rotatable bonds is 3. The molecule has 1 saturated heterocycles. The third-order valence-electron chi connectivity index (χ3n) is 3.99. The largest absolute Gasteiger partial charge is 0.391 e. The molecular weight excluding hydrogens is 262 g/mol. The highest BCUT2D eigenvalue weighted by atomic mass is 16.3. The van der Waals surface area contributed by atoms with Gasteiger partial charge in [-0.2, -0.15) is 0 Å².